The van der Waals surface area contributed by atoms with Crippen LogP contribution in [0, 0.1) is 0 Å². The Bertz CT molecular complexity index is 1230. The number of benzene rings is 3. The molecule has 0 unspecified atom stereocenters. The van der Waals surface area contributed by atoms with Crippen LogP contribution in [0.2, 0.25) is 0 Å². The molecule has 1 aliphatic heterocycles. The van der Waals surface area contributed by atoms with Crippen molar-refractivity contribution < 1.29 is 14.4 Å². The van der Waals surface area contributed by atoms with Gasteiger partial charge in [-0.25, -0.2) is 0 Å². The standard InChI is InChI=1S/C31H34N4O3/c36-29(35-18-16-25(17-19-35)32-27-20-26(27)22-10-4-1-5-11-22)21-28(31(38)33-24-14-8-3-9-15-24)34-30(37)23-12-6-2-7-13-23/h1-15,25-28,32H,16-21H2,(H,33,38)(H,34,37)/t26-,27+,28-/m0/s1. The second-order valence-electron chi connectivity index (χ2n) is 10.1. The Morgan fingerprint density at radius 2 is 1.42 bits per heavy atom. The minimum Gasteiger partial charge on any atom is -0.343 e. The summed E-state index contributed by atoms with van der Waals surface area (Å²) in [7, 11) is 0. The third kappa shape index (κ3) is 6.66. The highest BCUT2D eigenvalue weighted by atomic mass is 16.2. The molecule has 3 aromatic rings. The molecule has 1 heterocycles. The maximum Gasteiger partial charge on any atom is 0.251 e. The fourth-order valence-electron chi connectivity index (χ4n) is 5.14. The number of piperidine rings is 1. The fraction of sp³-hybridized carbons (Fsp3) is 0.323. The van der Waals surface area contributed by atoms with Gasteiger partial charge in [0.2, 0.25) is 11.8 Å². The number of amides is 3. The number of nitrogens with one attached hydrogen (secondary N) is 3. The van der Waals surface area contributed by atoms with Crippen molar-refractivity contribution in [1.29, 1.82) is 0 Å². The van der Waals surface area contributed by atoms with Crippen LogP contribution in [-0.2, 0) is 9.59 Å². The number of hydrogen-bond acceptors (Lipinski definition) is 4. The molecular formula is C31H34N4O3. The Hall–Kier alpha value is -3.97. The molecule has 5 rings (SSSR count). The van der Waals surface area contributed by atoms with E-state index in [0.29, 0.717) is 42.3 Å². The lowest BCUT2D eigenvalue weighted by Crippen LogP contribution is -2.50. The summed E-state index contributed by atoms with van der Waals surface area (Å²) < 4.78 is 0. The molecule has 196 valence electrons. The van der Waals surface area contributed by atoms with Gasteiger partial charge in [0.1, 0.15) is 6.04 Å². The normalized spacial score (nSPS) is 19.8. The monoisotopic (exact) mass is 510 g/mol. The molecule has 0 spiro atoms. The van der Waals surface area contributed by atoms with Gasteiger partial charge in [-0.05, 0) is 49.1 Å². The number of para-hydroxylation sites is 1. The number of rotatable bonds is 9. The van der Waals surface area contributed by atoms with Crippen molar-refractivity contribution in [3.63, 3.8) is 0 Å². The summed E-state index contributed by atoms with van der Waals surface area (Å²) in [5, 5.41) is 9.37. The van der Waals surface area contributed by atoms with Gasteiger partial charge in [-0.3, -0.25) is 14.4 Å². The molecule has 3 N–H and O–H groups in total. The van der Waals surface area contributed by atoms with Crippen LogP contribution >= 0.6 is 0 Å². The minimum atomic E-state index is -0.982. The third-order valence-corrected chi connectivity index (χ3v) is 7.39. The average molecular weight is 511 g/mol. The van der Waals surface area contributed by atoms with E-state index < -0.39 is 11.9 Å². The van der Waals surface area contributed by atoms with Gasteiger partial charge in [-0.1, -0.05) is 66.7 Å². The molecule has 3 aromatic carbocycles. The summed E-state index contributed by atoms with van der Waals surface area (Å²) in [6.45, 7) is 1.28. The first-order valence-corrected chi connectivity index (χ1v) is 13.4. The molecule has 7 nitrogen and oxygen atoms in total. The van der Waals surface area contributed by atoms with Crippen LogP contribution in [0.5, 0.6) is 0 Å². The van der Waals surface area contributed by atoms with Gasteiger partial charge in [0.15, 0.2) is 0 Å². The number of carbonyl (C=O) groups excluding carboxylic acids is 3. The molecule has 1 saturated carbocycles. The van der Waals surface area contributed by atoms with Crippen molar-refractivity contribution in [3.05, 3.63) is 102 Å². The van der Waals surface area contributed by atoms with Gasteiger partial charge in [0.25, 0.3) is 5.91 Å². The van der Waals surface area contributed by atoms with Crippen LogP contribution in [-0.4, -0.2) is 53.8 Å². The summed E-state index contributed by atoms with van der Waals surface area (Å²) in [6, 6.07) is 28.3. The van der Waals surface area contributed by atoms with Gasteiger partial charge < -0.3 is 20.9 Å². The van der Waals surface area contributed by atoms with Crippen LogP contribution in [0.3, 0.4) is 0 Å². The van der Waals surface area contributed by atoms with Crippen molar-refractivity contribution in [3.8, 4) is 0 Å². The Morgan fingerprint density at radius 1 is 0.816 bits per heavy atom. The van der Waals surface area contributed by atoms with Gasteiger partial charge >= 0.3 is 0 Å². The fourth-order valence-corrected chi connectivity index (χ4v) is 5.14. The van der Waals surface area contributed by atoms with Gasteiger partial charge in [0.05, 0.1) is 6.42 Å². The van der Waals surface area contributed by atoms with Crippen molar-refractivity contribution in [2.24, 2.45) is 0 Å². The molecular weight excluding hydrogens is 476 g/mol. The lowest BCUT2D eigenvalue weighted by Gasteiger charge is -2.33. The number of anilines is 1. The zero-order valence-electron chi connectivity index (χ0n) is 21.4. The Kier molecular flexibility index (Phi) is 8.14. The second-order valence-corrected chi connectivity index (χ2v) is 10.1. The van der Waals surface area contributed by atoms with Gasteiger partial charge in [0, 0.05) is 42.3 Å². The summed E-state index contributed by atoms with van der Waals surface area (Å²) in [6.07, 6.45) is 2.82. The van der Waals surface area contributed by atoms with Crippen molar-refractivity contribution in [2.75, 3.05) is 18.4 Å². The molecule has 38 heavy (non-hydrogen) atoms. The molecule has 1 saturated heterocycles. The molecule has 0 bridgehead atoms. The van der Waals surface area contributed by atoms with Gasteiger partial charge in [-0.15, -0.1) is 0 Å². The lowest BCUT2D eigenvalue weighted by molar-refractivity contribution is -0.134. The molecule has 3 atom stereocenters. The minimum absolute atomic E-state index is 0.0892. The van der Waals surface area contributed by atoms with Crippen LogP contribution in [0.1, 0.15) is 47.5 Å². The van der Waals surface area contributed by atoms with E-state index in [4.69, 9.17) is 0 Å². The zero-order chi connectivity index (χ0) is 26.3. The zero-order valence-corrected chi connectivity index (χ0v) is 21.4. The average Bonchev–Trinajstić information content (AvgIpc) is 3.73. The molecule has 2 aliphatic rings. The Labute approximate surface area is 223 Å². The third-order valence-electron chi connectivity index (χ3n) is 7.39. The number of hydrogen-bond donors (Lipinski definition) is 3. The van der Waals surface area contributed by atoms with Crippen molar-refractivity contribution in [2.45, 2.75) is 49.7 Å². The predicted octanol–water partition coefficient (Wildman–Crippen LogP) is 3.95. The second kappa shape index (κ2) is 12.0. The number of likely N-dealkylation sites (tertiary alicyclic amines) is 1. The highest BCUT2D eigenvalue weighted by Crippen LogP contribution is 2.41. The van der Waals surface area contributed by atoms with Crippen molar-refractivity contribution in [1.82, 2.24) is 15.5 Å². The van der Waals surface area contributed by atoms with Crippen LogP contribution in [0.25, 0.3) is 0 Å². The quantitative estimate of drug-likeness (QED) is 0.407. The highest BCUT2D eigenvalue weighted by molar-refractivity contribution is 6.02. The summed E-state index contributed by atoms with van der Waals surface area (Å²) in [5.74, 6) is -0.343. The molecule has 1 aliphatic carbocycles. The number of carbonyl (C=O) groups is 3. The molecule has 0 aromatic heterocycles. The Balaban J connectivity index is 1.15. The maximum atomic E-state index is 13.2. The molecule has 2 fully saturated rings. The number of nitrogens with zero attached hydrogens (tertiary/aromatic N) is 1. The summed E-state index contributed by atoms with van der Waals surface area (Å²) >= 11 is 0. The largest absolute Gasteiger partial charge is 0.343 e. The molecule has 0 radical (unpaired) electrons. The lowest BCUT2D eigenvalue weighted by atomic mass is 10.0. The first-order valence-electron chi connectivity index (χ1n) is 13.4. The van der Waals surface area contributed by atoms with Crippen LogP contribution in [0.4, 0.5) is 5.69 Å². The van der Waals surface area contributed by atoms with Crippen LogP contribution < -0.4 is 16.0 Å². The Morgan fingerprint density at radius 3 is 2.08 bits per heavy atom. The SMILES string of the molecule is O=C(N[C@@H](CC(=O)N1CCC(N[C@@H]2C[C@H]2c2ccccc2)CC1)C(=O)Nc1ccccc1)c1ccccc1. The topological polar surface area (TPSA) is 90.5 Å². The van der Waals surface area contributed by atoms with E-state index in [1.807, 2.05) is 35.2 Å². The highest BCUT2D eigenvalue weighted by Gasteiger charge is 2.40. The van der Waals surface area contributed by atoms with E-state index in [9.17, 15) is 14.4 Å². The molecule has 3 amide bonds. The summed E-state index contributed by atoms with van der Waals surface area (Å²) in [4.78, 5) is 41.0. The first kappa shape index (κ1) is 25.7. The van der Waals surface area contributed by atoms with Crippen LogP contribution in [0.15, 0.2) is 91.0 Å². The van der Waals surface area contributed by atoms with E-state index in [2.05, 4.69) is 40.2 Å². The molecule has 7 heteroatoms. The van der Waals surface area contributed by atoms with E-state index in [1.165, 1.54) is 5.56 Å². The van der Waals surface area contributed by atoms with E-state index in [1.54, 1.807) is 36.4 Å². The van der Waals surface area contributed by atoms with E-state index >= 15 is 0 Å². The maximum absolute atomic E-state index is 13.2. The predicted molar refractivity (Wildman–Crippen MR) is 148 cm³/mol. The first-order chi connectivity index (χ1) is 18.6. The summed E-state index contributed by atoms with van der Waals surface area (Å²) in [5.41, 5.74) is 2.44. The van der Waals surface area contributed by atoms with E-state index in [0.717, 1.165) is 19.3 Å². The van der Waals surface area contributed by atoms with Crippen molar-refractivity contribution >= 4 is 23.4 Å². The smallest absolute Gasteiger partial charge is 0.251 e. The van der Waals surface area contributed by atoms with Gasteiger partial charge in [-0.2, -0.15) is 0 Å². The van der Waals surface area contributed by atoms with E-state index in [-0.39, 0.29) is 18.2 Å².